The van der Waals surface area contributed by atoms with Crippen LogP contribution in [0.1, 0.15) is 22.3 Å². The van der Waals surface area contributed by atoms with Gasteiger partial charge < -0.3 is 5.73 Å². The summed E-state index contributed by atoms with van der Waals surface area (Å²) in [6.07, 6.45) is 0.703. The van der Waals surface area contributed by atoms with Crippen molar-refractivity contribution in [3.63, 3.8) is 0 Å². The fourth-order valence-electron chi connectivity index (χ4n) is 0.627. The quantitative estimate of drug-likeness (QED) is 0.666. The maximum absolute atomic E-state index is 10.6. The van der Waals surface area contributed by atoms with Gasteiger partial charge in [-0.2, -0.15) is 0 Å². The Morgan fingerprint density at radius 2 is 2.50 bits per heavy atom. The van der Waals surface area contributed by atoms with Gasteiger partial charge in [0.2, 0.25) is 0 Å². The smallest absolute Gasteiger partial charge is 0.262 e. The van der Waals surface area contributed by atoms with E-state index < -0.39 is 5.91 Å². The Labute approximate surface area is 62.2 Å². The zero-order valence-electron chi connectivity index (χ0n) is 5.50. The van der Waals surface area contributed by atoms with Gasteiger partial charge >= 0.3 is 0 Å². The van der Waals surface area contributed by atoms with E-state index in [0.29, 0.717) is 17.0 Å². The Morgan fingerprint density at radius 3 is 2.90 bits per heavy atom. The maximum atomic E-state index is 10.6. The second kappa shape index (κ2) is 2.74. The van der Waals surface area contributed by atoms with E-state index in [1.165, 1.54) is 0 Å². The molecule has 0 unspecified atom stereocenters. The molecule has 1 rings (SSSR count). The number of hydrogen-bond donors (Lipinski definition) is 1. The molecule has 0 bridgehead atoms. The third-order valence-electron chi connectivity index (χ3n) is 1.11. The molecule has 2 N–H and O–H groups in total. The minimum atomic E-state index is -0.438. The summed E-state index contributed by atoms with van der Waals surface area (Å²) in [5.74, 6) is -0.438. The molecule has 0 aromatic carbocycles. The van der Waals surface area contributed by atoms with Crippen molar-refractivity contribution >= 4 is 17.4 Å². The molecule has 1 aromatic heterocycles. The summed E-state index contributed by atoms with van der Waals surface area (Å²) < 4.78 is 3.61. The largest absolute Gasteiger partial charge is 0.365 e. The highest BCUT2D eigenvalue weighted by molar-refractivity contribution is 7.07. The van der Waals surface area contributed by atoms with Crippen molar-refractivity contribution in [1.29, 1.82) is 0 Å². The predicted molar refractivity (Wildman–Crippen MR) is 37.8 cm³/mol. The monoisotopic (exact) mass is 157 g/mol. The molecule has 1 heterocycles. The van der Waals surface area contributed by atoms with Crippen molar-refractivity contribution in [2.24, 2.45) is 5.73 Å². The molecule has 54 valence electrons. The van der Waals surface area contributed by atoms with E-state index in [0.717, 1.165) is 11.5 Å². The summed E-state index contributed by atoms with van der Waals surface area (Å²) in [5.41, 5.74) is 5.72. The van der Waals surface area contributed by atoms with E-state index in [9.17, 15) is 4.79 Å². The number of primary amides is 1. The summed E-state index contributed by atoms with van der Waals surface area (Å²) in [7, 11) is 0. The van der Waals surface area contributed by atoms with Gasteiger partial charge in [0, 0.05) is 0 Å². The molecule has 5 heteroatoms. The van der Waals surface area contributed by atoms with Crippen LogP contribution in [0.4, 0.5) is 0 Å². The van der Waals surface area contributed by atoms with Crippen LogP contribution in [0, 0.1) is 0 Å². The molecule has 0 spiro atoms. The summed E-state index contributed by atoms with van der Waals surface area (Å²) in [6.45, 7) is 1.91. The summed E-state index contributed by atoms with van der Waals surface area (Å²) in [5, 5.41) is 3.72. The average molecular weight is 157 g/mol. The van der Waals surface area contributed by atoms with Crippen LogP contribution in [0.2, 0.25) is 0 Å². The molecule has 0 fully saturated rings. The molecular weight excluding hydrogens is 150 g/mol. The third kappa shape index (κ3) is 1.13. The van der Waals surface area contributed by atoms with Crippen molar-refractivity contribution in [3.05, 3.63) is 10.6 Å². The lowest BCUT2D eigenvalue weighted by Gasteiger charge is -1.88. The first-order valence-electron chi connectivity index (χ1n) is 2.86. The minimum Gasteiger partial charge on any atom is -0.365 e. The molecule has 10 heavy (non-hydrogen) atoms. The second-order valence-electron chi connectivity index (χ2n) is 1.77. The number of aromatic nitrogens is 2. The molecule has 4 nitrogen and oxygen atoms in total. The lowest BCUT2D eigenvalue weighted by Crippen LogP contribution is -2.11. The average Bonchev–Trinajstić information content (AvgIpc) is 2.33. The van der Waals surface area contributed by atoms with Crippen LogP contribution < -0.4 is 5.73 Å². The van der Waals surface area contributed by atoms with Gasteiger partial charge in [0.25, 0.3) is 5.91 Å². The van der Waals surface area contributed by atoms with Crippen LogP contribution in [0.15, 0.2) is 0 Å². The summed E-state index contributed by atoms with van der Waals surface area (Å²) in [6, 6.07) is 0. The van der Waals surface area contributed by atoms with E-state index in [4.69, 9.17) is 5.73 Å². The van der Waals surface area contributed by atoms with Crippen LogP contribution in [-0.4, -0.2) is 15.5 Å². The van der Waals surface area contributed by atoms with E-state index in [-0.39, 0.29) is 0 Å². The van der Waals surface area contributed by atoms with Gasteiger partial charge in [-0.3, -0.25) is 4.79 Å². The first-order valence-corrected chi connectivity index (χ1v) is 3.64. The SMILES string of the molecule is CCc1nnsc1C(N)=O. The zero-order valence-corrected chi connectivity index (χ0v) is 6.31. The van der Waals surface area contributed by atoms with Crippen LogP contribution >= 0.6 is 11.5 Å². The highest BCUT2D eigenvalue weighted by atomic mass is 32.1. The number of hydrogen-bond acceptors (Lipinski definition) is 4. The van der Waals surface area contributed by atoms with E-state index in [1.807, 2.05) is 6.92 Å². The number of carbonyl (C=O) groups is 1. The predicted octanol–water partition coefficient (Wildman–Crippen LogP) is 0.199. The van der Waals surface area contributed by atoms with Crippen molar-refractivity contribution in [2.45, 2.75) is 13.3 Å². The van der Waals surface area contributed by atoms with Crippen LogP contribution in [0.3, 0.4) is 0 Å². The number of carbonyl (C=O) groups excluding carboxylic acids is 1. The number of nitrogens with two attached hydrogens (primary N) is 1. The molecule has 0 saturated heterocycles. The van der Waals surface area contributed by atoms with Gasteiger partial charge in [-0.15, -0.1) is 5.10 Å². The lowest BCUT2D eigenvalue weighted by atomic mass is 10.3. The first kappa shape index (κ1) is 7.14. The minimum absolute atomic E-state index is 0.438. The van der Waals surface area contributed by atoms with Gasteiger partial charge in [0.15, 0.2) is 0 Å². The molecule has 0 saturated carbocycles. The normalized spacial score (nSPS) is 9.70. The number of nitrogens with zero attached hydrogens (tertiary/aromatic N) is 2. The van der Waals surface area contributed by atoms with E-state index >= 15 is 0 Å². The summed E-state index contributed by atoms with van der Waals surface area (Å²) >= 11 is 1.05. The Balaban J connectivity index is 3.01. The second-order valence-corrected chi connectivity index (χ2v) is 2.52. The number of rotatable bonds is 2. The zero-order chi connectivity index (χ0) is 7.56. The molecule has 1 amide bonds. The molecule has 0 atom stereocenters. The van der Waals surface area contributed by atoms with Crippen LogP contribution in [-0.2, 0) is 6.42 Å². The highest BCUT2D eigenvalue weighted by Gasteiger charge is 2.09. The van der Waals surface area contributed by atoms with Crippen molar-refractivity contribution in [2.75, 3.05) is 0 Å². The highest BCUT2D eigenvalue weighted by Crippen LogP contribution is 2.08. The van der Waals surface area contributed by atoms with Crippen molar-refractivity contribution in [1.82, 2.24) is 9.59 Å². The maximum Gasteiger partial charge on any atom is 0.262 e. The molecule has 0 aliphatic carbocycles. The Morgan fingerprint density at radius 1 is 1.80 bits per heavy atom. The van der Waals surface area contributed by atoms with Gasteiger partial charge in [-0.1, -0.05) is 11.4 Å². The number of amides is 1. The topological polar surface area (TPSA) is 68.9 Å². The molecule has 1 aromatic rings. The van der Waals surface area contributed by atoms with E-state index in [1.54, 1.807) is 0 Å². The molecule has 0 aliphatic rings. The standard InChI is InChI=1S/C5H7N3OS/c1-2-3-4(5(6)9)10-8-7-3/h2H2,1H3,(H2,6,9). The lowest BCUT2D eigenvalue weighted by molar-refractivity contribution is 0.100. The van der Waals surface area contributed by atoms with Crippen molar-refractivity contribution < 1.29 is 4.79 Å². The van der Waals surface area contributed by atoms with Gasteiger partial charge in [0.1, 0.15) is 4.88 Å². The van der Waals surface area contributed by atoms with Gasteiger partial charge in [-0.05, 0) is 18.0 Å². The molecular formula is C5H7N3OS. The third-order valence-corrected chi connectivity index (χ3v) is 1.90. The molecule has 0 radical (unpaired) electrons. The van der Waals surface area contributed by atoms with Crippen LogP contribution in [0.25, 0.3) is 0 Å². The Bertz CT molecular complexity index is 245. The summed E-state index contributed by atoms with van der Waals surface area (Å²) in [4.78, 5) is 11.1. The fraction of sp³-hybridized carbons (Fsp3) is 0.400. The molecule has 0 aliphatic heterocycles. The van der Waals surface area contributed by atoms with Crippen molar-refractivity contribution in [3.8, 4) is 0 Å². The first-order chi connectivity index (χ1) is 4.75. The Kier molecular flexibility index (Phi) is 1.96. The van der Waals surface area contributed by atoms with Gasteiger partial charge in [-0.25, -0.2) is 0 Å². The number of aryl methyl sites for hydroxylation is 1. The van der Waals surface area contributed by atoms with E-state index in [2.05, 4.69) is 9.59 Å². The van der Waals surface area contributed by atoms with Crippen LogP contribution in [0.5, 0.6) is 0 Å². The fourth-order valence-corrected chi connectivity index (χ4v) is 1.23. The Hall–Kier alpha value is -0.970. The van der Waals surface area contributed by atoms with Gasteiger partial charge in [0.05, 0.1) is 5.69 Å².